The smallest absolute Gasteiger partial charge is 0.197 e. The van der Waals surface area contributed by atoms with E-state index in [0.29, 0.717) is 21.5 Å². The SMILES string of the molecule is CC(=O)C1(C)COc2cc(Cl)c(Cl)cc2O1. The average molecular weight is 261 g/mol. The van der Waals surface area contributed by atoms with E-state index < -0.39 is 5.60 Å². The van der Waals surface area contributed by atoms with Gasteiger partial charge in [-0.15, -0.1) is 0 Å². The third-order valence-corrected chi connectivity index (χ3v) is 3.29. The highest BCUT2D eigenvalue weighted by atomic mass is 35.5. The Morgan fingerprint density at radius 2 is 1.88 bits per heavy atom. The van der Waals surface area contributed by atoms with Crippen molar-refractivity contribution in [2.75, 3.05) is 6.61 Å². The Balaban J connectivity index is 2.41. The molecule has 0 saturated carbocycles. The normalized spacial score (nSPS) is 23.0. The molecule has 0 N–H and O–H groups in total. The van der Waals surface area contributed by atoms with Gasteiger partial charge in [0.1, 0.15) is 6.61 Å². The Labute approximate surface area is 103 Å². The van der Waals surface area contributed by atoms with Crippen LogP contribution in [0, 0.1) is 0 Å². The first-order valence-corrected chi connectivity index (χ1v) is 5.50. The quantitative estimate of drug-likeness (QED) is 0.779. The molecule has 1 aliphatic heterocycles. The maximum Gasteiger partial charge on any atom is 0.197 e. The van der Waals surface area contributed by atoms with Crippen LogP contribution in [0.15, 0.2) is 12.1 Å². The summed E-state index contributed by atoms with van der Waals surface area (Å²) in [5.41, 5.74) is -0.954. The van der Waals surface area contributed by atoms with Crippen molar-refractivity contribution in [3.8, 4) is 11.5 Å². The molecule has 0 amide bonds. The number of halogens is 2. The number of rotatable bonds is 1. The number of ketones is 1. The largest absolute Gasteiger partial charge is 0.485 e. The topological polar surface area (TPSA) is 35.5 Å². The van der Waals surface area contributed by atoms with Crippen LogP contribution in [0.25, 0.3) is 0 Å². The van der Waals surface area contributed by atoms with Gasteiger partial charge in [-0.1, -0.05) is 23.2 Å². The highest BCUT2D eigenvalue weighted by Gasteiger charge is 2.38. The van der Waals surface area contributed by atoms with Crippen LogP contribution in [0.4, 0.5) is 0 Å². The summed E-state index contributed by atoms with van der Waals surface area (Å²) in [7, 11) is 0. The van der Waals surface area contributed by atoms with Crippen LogP contribution >= 0.6 is 23.2 Å². The van der Waals surface area contributed by atoms with Crippen molar-refractivity contribution in [2.45, 2.75) is 19.4 Å². The summed E-state index contributed by atoms with van der Waals surface area (Å²) >= 11 is 11.7. The molecule has 0 fully saturated rings. The maximum atomic E-state index is 11.4. The molecule has 2 rings (SSSR count). The lowest BCUT2D eigenvalue weighted by atomic mass is 10.0. The second-order valence-electron chi connectivity index (χ2n) is 3.89. The molecule has 0 aromatic heterocycles. The Morgan fingerprint density at radius 3 is 2.44 bits per heavy atom. The minimum atomic E-state index is -0.954. The van der Waals surface area contributed by atoms with Crippen LogP contribution in [0.1, 0.15) is 13.8 Å². The third kappa shape index (κ3) is 1.85. The molecule has 86 valence electrons. The standard InChI is InChI=1S/C11H10Cl2O3/c1-6(14)11(2)5-15-9-3-7(12)8(13)4-10(9)16-11/h3-4H,5H2,1-2H3. The molecule has 1 aromatic rings. The second kappa shape index (κ2) is 3.82. The average Bonchev–Trinajstić information content (AvgIpc) is 2.20. The van der Waals surface area contributed by atoms with Crippen LogP contribution in [-0.2, 0) is 4.79 Å². The van der Waals surface area contributed by atoms with E-state index in [2.05, 4.69) is 0 Å². The number of carbonyl (C=O) groups excluding carboxylic acids is 1. The molecule has 0 bridgehead atoms. The summed E-state index contributed by atoms with van der Waals surface area (Å²) in [5.74, 6) is 0.857. The van der Waals surface area contributed by atoms with Crippen LogP contribution in [0.3, 0.4) is 0 Å². The first kappa shape index (κ1) is 11.6. The monoisotopic (exact) mass is 260 g/mol. The van der Waals surface area contributed by atoms with E-state index >= 15 is 0 Å². The summed E-state index contributed by atoms with van der Waals surface area (Å²) in [5, 5.41) is 0.771. The molecule has 16 heavy (non-hydrogen) atoms. The lowest BCUT2D eigenvalue weighted by molar-refractivity contribution is -0.135. The number of fused-ring (bicyclic) bond motifs is 1. The van der Waals surface area contributed by atoms with E-state index in [9.17, 15) is 4.79 Å². The molecule has 1 unspecified atom stereocenters. The van der Waals surface area contributed by atoms with Crippen LogP contribution in [-0.4, -0.2) is 18.0 Å². The summed E-state index contributed by atoms with van der Waals surface area (Å²) in [6, 6.07) is 3.14. The van der Waals surface area contributed by atoms with Crippen LogP contribution in [0.2, 0.25) is 10.0 Å². The molecule has 1 aliphatic rings. The summed E-state index contributed by atoms with van der Waals surface area (Å²) in [6.07, 6.45) is 0. The first-order valence-electron chi connectivity index (χ1n) is 4.74. The van der Waals surface area contributed by atoms with Gasteiger partial charge in [-0.2, -0.15) is 0 Å². The number of ether oxygens (including phenoxy) is 2. The van der Waals surface area contributed by atoms with Gasteiger partial charge in [-0.25, -0.2) is 0 Å². The molecule has 5 heteroatoms. The maximum absolute atomic E-state index is 11.4. The van der Waals surface area contributed by atoms with Gasteiger partial charge in [0.25, 0.3) is 0 Å². The van der Waals surface area contributed by atoms with Crippen molar-refractivity contribution < 1.29 is 14.3 Å². The Hall–Kier alpha value is -0.930. The van der Waals surface area contributed by atoms with Crippen molar-refractivity contribution in [3.05, 3.63) is 22.2 Å². The highest BCUT2D eigenvalue weighted by Crippen LogP contribution is 2.40. The van der Waals surface area contributed by atoms with Gasteiger partial charge in [-0.05, 0) is 13.8 Å². The Kier molecular flexibility index (Phi) is 2.76. The summed E-state index contributed by atoms with van der Waals surface area (Å²) < 4.78 is 11.0. The molecule has 0 spiro atoms. The van der Waals surface area contributed by atoms with E-state index in [-0.39, 0.29) is 12.4 Å². The second-order valence-corrected chi connectivity index (χ2v) is 4.71. The van der Waals surface area contributed by atoms with Gasteiger partial charge in [0.15, 0.2) is 22.9 Å². The molecule has 0 radical (unpaired) electrons. The lowest BCUT2D eigenvalue weighted by Gasteiger charge is -2.33. The van der Waals surface area contributed by atoms with E-state index in [0.717, 1.165) is 0 Å². The number of Topliss-reactive ketones (excluding diaryl/α,β-unsaturated/α-hetero) is 1. The van der Waals surface area contributed by atoms with E-state index in [4.69, 9.17) is 32.7 Å². The number of benzene rings is 1. The van der Waals surface area contributed by atoms with Crippen molar-refractivity contribution >= 4 is 29.0 Å². The molecule has 3 nitrogen and oxygen atoms in total. The number of carbonyl (C=O) groups is 1. The van der Waals surface area contributed by atoms with Gasteiger partial charge >= 0.3 is 0 Å². The van der Waals surface area contributed by atoms with Crippen molar-refractivity contribution in [3.63, 3.8) is 0 Å². The molecule has 1 heterocycles. The minimum absolute atomic E-state index is 0.0933. The lowest BCUT2D eigenvalue weighted by Crippen LogP contribution is -2.47. The van der Waals surface area contributed by atoms with Crippen LogP contribution < -0.4 is 9.47 Å². The fraction of sp³-hybridized carbons (Fsp3) is 0.364. The van der Waals surface area contributed by atoms with Gasteiger partial charge in [0.05, 0.1) is 10.0 Å². The summed E-state index contributed by atoms with van der Waals surface area (Å²) in [4.78, 5) is 11.4. The molecular formula is C11H10Cl2O3. The molecule has 0 saturated heterocycles. The first-order chi connectivity index (χ1) is 7.42. The van der Waals surface area contributed by atoms with Gasteiger partial charge < -0.3 is 9.47 Å². The molecule has 1 aromatic carbocycles. The highest BCUT2D eigenvalue weighted by molar-refractivity contribution is 6.42. The van der Waals surface area contributed by atoms with E-state index in [1.54, 1.807) is 19.1 Å². The zero-order chi connectivity index (χ0) is 11.9. The zero-order valence-corrected chi connectivity index (χ0v) is 10.4. The summed E-state index contributed by atoms with van der Waals surface area (Å²) in [6.45, 7) is 3.32. The number of hydrogen-bond acceptors (Lipinski definition) is 3. The van der Waals surface area contributed by atoms with Gasteiger partial charge in [0.2, 0.25) is 0 Å². The predicted octanol–water partition coefficient (Wildman–Crippen LogP) is 3.11. The number of hydrogen-bond donors (Lipinski definition) is 0. The van der Waals surface area contributed by atoms with Crippen LogP contribution in [0.5, 0.6) is 11.5 Å². The molecule has 1 atom stereocenters. The molecular weight excluding hydrogens is 251 g/mol. The Bertz CT molecular complexity index is 459. The Morgan fingerprint density at radius 1 is 1.31 bits per heavy atom. The third-order valence-electron chi connectivity index (χ3n) is 2.57. The minimum Gasteiger partial charge on any atom is -0.485 e. The van der Waals surface area contributed by atoms with E-state index in [1.807, 2.05) is 0 Å². The predicted molar refractivity (Wildman–Crippen MR) is 61.7 cm³/mol. The van der Waals surface area contributed by atoms with Crippen molar-refractivity contribution in [2.24, 2.45) is 0 Å². The van der Waals surface area contributed by atoms with E-state index in [1.165, 1.54) is 6.92 Å². The van der Waals surface area contributed by atoms with Gasteiger partial charge in [-0.3, -0.25) is 4.79 Å². The fourth-order valence-corrected chi connectivity index (χ4v) is 1.67. The van der Waals surface area contributed by atoms with Crippen molar-refractivity contribution in [1.82, 2.24) is 0 Å². The zero-order valence-electron chi connectivity index (χ0n) is 8.84. The van der Waals surface area contributed by atoms with Crippen molar-refractivity contribution in [1.29, 1.82) is 0 Å². The van der Waals surface area contributed by atoms with Gasteiger partial charge in [0, 0.05) is 12.1 Å². The molecule has 0 aliphatic carbocycles. The fourth-order valence-electron chi connectivity index (χ4n) is 1.36.